The minimum atomic E-state index is -4.96. The summed E-state index contributed by atoms with van der Waals surface area (Å²) in [5.74, 6) is -0.567. The molecule has 0 heterocycles. The predicted octanol–water partition coefficient (Wildman–Crippen LogP) is 23.5. The summed E-state index contributed by atoms with van der Waals surface area (Å²) in [6, 6.07) is 0. The smallest absolute Gasteiger partial charge is 0.462 e. The molecule has 0 rings (SSSR count). The molecule has 0 spiro atoms. The van der Waals surface area contributed by atoms with Crippen LogP contribution < -0.4 is 0 Å². The van der Waals surface area contributed by atoms with Crippen molar-refractivity contribution in [3.63, 3.8) is 0 Å². The van der Waals surface area contributed by atoms with Crippen molar-refractivity contribution in [3.8, 4) is 0 Å². The highest BCUT2D eigenvalue weighted by atomic mass is 31.2. The van der Waals surface area contributed by atoms with Crippen LogP contribution in [0, 0.1) is 11.8 Å². The van der Waals surface area contributed by atoms with E-state index >= 15 is 0 Å². The first-order chi connectivity index (χ1) is 47.4. The summed E-state index contributed by atoms with van der Waals surface area (Å²) in [5, 5.41) is 10.6. The van der Waals surface area contributed by atoms with Gasteiger partial charge in [-0.3, -0.25) is 37.3 Å². The lowest BCUT2D eigenvalue weighted by molar-refractivity contribution is -0.161. The molecule has 582 valence electrons. The maximum atomic E-state index is 13.1. The van der Waals surface area contributed by atoms with E-state index in [2.05, 4.69) is 41.5 Å². The van der Waals surface area contributed by atoms with Gasteiger partial charge in [-0.05, 0) is 37.5 Å². The predicted molar refractivity (Wildman–Crippen MR) is 400 cm³/mol. The maximum absolute atomic E-state index is 13.1. The van der Waals surface area contributed by atoms with Gasteiger partial charge in [0.05, 0.1) is 26.4 Å². The molecule has 17 nitrogen and oxygen atoms in total. The highest BCUT2D eigenvalue weighted by Gasteiger charge is 2.30. The molecule has 0 amide bonds. The second-order valence-electron chi connectivity index (χ2n) is 29.2. The lowest BCUT2D eigenvalue weighted by Gasteiger charge is -2.21. The van der Waals surface area contributed by atoms with Crippen LogP contribution in [0.4, 0.5) is 0 Å². The zero-order valence-electron chi connectivity index (χ0n) is 64.1. The Hall–Kier alpha value is -1.94. The fraction of sp³-hybridized carbons (Fsp3) is 0.949. The Kier molecular flexibility index (Phi) is 69.3. The molecule has 0 aromatic carbocycles. The first kappa shape index (κ1) is 96.1. The summed E-state index contributed by atoms with van der Waals surface area (Å²) in [6.07, 6.45) is 59.5. The van der Waals surface area contributed by atoms with Gasteiger partial charge in [-0.1, -0.05) is 363 Å². The zero-order chi connectivity index (χ0) is 72.1. The van der Waals surface area contributed by atoms with Crippen molar-refractivity contribution >= 4 is 39.5 Å². The number of rotatable bonds is 78. The van der Waals surface area contributed by atoms with Crippen LogP contribution in [-0.4, -0.2) is 96.7 Å². The van der Waals surface area contributed by atoms with Crippen LogP contribution in [0.2, 0.25) is 0 Å². The summed E-state index contributed by atoms with van der Waals surface area (Å²) < 4.78 is 68.7. The molecule has 0 aliphatic heterocycles. The summed E-state index contributed by atoms with van der Waals surface area (Å²) in [5.41, 5.74) is 0. The lowest BCUT2D eigenvalue weighted by Crippen LogP contribution is -2.30. The highest BCUT2D eigenvalue weighted by molar-refractivity contribution is 7.47. The Morgan fingerprint density at radius 2 is 0.520 bits per heavy atom. The van der Waals surface area contributed by atoms with E-state index in [9.17, 15) is 43.2 Å². The summed E-state index contributed by atoms with van der Waals surface area (Å²) in [6.45, 7) is 9.63. The van der Waals surface area contributed by atoms with Crippen LogP contribution in [0.25, 0.3) is 0 Å². The molecule has 3 unspecified atom stereocenters. The van der Waals surface area contributed by atoms with Gasteiger partial charge >= 0.3 is 39.5 Å². The quantitative estimate of drug-likeness (QED) is 0.0222. The van der Waals surface area contributed by atoms with Crippen molar-refractivity contribution in [2.24, 2.45) is 11.8 Å². The van der Waals surface area contributed by atoms with Crippen LogP contribution in [0.1, 0.15) is 414 Å². The number of hydrogen-bond donors (Lipinski definition) is 3. The normalized spacial score (nSPS) is 14.2. The van der Waals surface area contributed by atoms with Crippen LogP contribution >= 0.6 is 15.6 Å². The number of carbonyl (C=O) groups excluding carboxylic acids is 4. The van der Waals surface area contributed by atoms with Crippen LogP contribution in [-0.2, 0) is 65.4 Å². The van der Waals surface area contributed by atoms with Gasteiger partial charge in [-0.2, -0.15) is 0 Å². The SMILES string of the molecule is CCCCCCCCCCCCCCCCCCC(=O)OC[C@H](COP(=O)(O)OC[C@@H](O)COP(=O)(O)OC[C@@H](COC(=O)CCCCCCCCCCC(C)CC)OC(=O)CCCCCCCCCCCCCC(C)C)OC(=O)CCCCCCCCCCCCCCCCCC. The minimum absolute atomic E-state index is 0.106. The monoisotopic (exact) mass is 1440 g/mol. The third-order valence-electron chi connectivity index (χ3n) is 18.8. The number of aliphatic hydroxyl groups excluding tert-OH is 1. The highest BCUT2D eigenvalue weighted by Crippen LogP contribution is 2.45. The number of hydrogen-bond acceptors (Lipinski definition) is 15. The van der Waals surface area contributed by atoms with Gasteiger partial charge < -0.3 is 33.8 Å². The van der Waals surface area contributed by atoms with Crippen molar-refractivity contribution in [2.45, 2.75) is 432 Å². The molecular weight excluding hydrogens is 1280 g/mol. The van der Waals surface area contributed by atoms with Gasteiger partial charge in [-0.15, -0.1) is 0 Å². The molecule has 0 aromatic rings. The number of phosphoric acid groups is 2. The van der Waals surface area contributed by atoms with E-state index in [0.29, 0.717) is 25.7 Å². The number of esters is 4. The fourth-order valence-electron chi connectivity index (χ4n) is 12.2. The van der Waals surface area contributed by atoms with Crippen LogP contribution in [0.5, 0.6) is 0 Å². The average Bonchev–Trinajstić information content (AvgIpc) is 1.08. The Morgan fingerprint density at radius 1 is 0.296 bits per heavy atom. The average molecular weight is 1440 g/mol. The van der Waals surface area contributed by atoms with Gasteiger partial charge in [0.25, 0.3) is 0 Å². The van der Waals surface area contributed by atoms with E-state index in [4.69, 9.17) is 37.0 Å². The van der Waals surface area contributed by atoms with Gasteiger partial charge in [-0.25, -0.2) is 9.13 Å². The van der Waals surface area contributed by atoms with Crippen molar-refractivity contribution in [1.29, 1.82) is 0 Å². The Morgan fingerprint density at radius 3 is 0.776 bits per heavy atom. The Balaban J connectivity index is 5.27. The van der Waals surface area contributed by atoms with E-state index in [0.717, 1.165) is 102 Å². The molecule has 0 aliphatic rings. The Labute approximate surface area is 600 Å². The number of unbranched alkanes of at least 4 members (excludes halogenated alkanes) is 47. The molecule has 6 atom stereocenters. The van der Waals surface area contributed by atoms with Gasteiger partial charge in [0.1, 0.15) is 19.3 Å². The lowest BCUT2D eigenvalue weighted by atomic mass is 9.99. The summed E-state index contributed by atoms with van der Waals surface area (Å²) >= 11 is 0. The van der Waals surface area contributed by atoms with Gasteiger partial charge in [0.15, 0.2) is 12.2 Å². The molecule has 0 radical (unpaired) electrons. The van der Waals surface area contributed by atoms with Crippen LogP contribution in [0.15, 0.2) is 0 Å². The zero-order valence-corrected chi connectivity index (χ0v) is 65.9. The largest absolute Gasteiger partial charge is 0.472 e. The van der Waals surface area contributed by atoms with E-state index < -0.39 is 97.5 Å². The molecule has 0 bridgehead atoms. The molecule has 0 saturated carbocycles. The fourth-order valence-corrected chi connectivity index (χ4v) is 13.7. The van der Waals surface area contributed by atoms with E-state index in [1.54, 1.807) is 0 Å². The first-order valence-corrected chi connectivity index (χ1v) is 44.0. The molecule has 19 heteroatoms. The first-order valence-electron chi connectivity index (χ1n) is 41.0. The molecular formula is C79H154O17P2. The van der Waals surface area contributed by atoms with Gasteiger partial charge in [0.2, 0.25) is 0 Å². The standard InChI is InChI=1S/C79H154O17P2/c1-7-10-12-14-16-18-20-22-24-26-28-32-36-43-49-55-61-76(81)89-67-74(95-78(83)63-57-51-45-37-33-29-27-25-23-21-19-17-15-13-11-8-2)69-93-97(85,86)91-65-73(80)66-92-98(87,88)94-70-75(68-90-77(82)62-56-50-44-40-39-42-48-54-60-72(6)9-3)96-79(84)64-58-52-46-38-34-30-31-35-41-47-53-59-71(4)5/h71-75,80H,7-70H2,1-6H3,(H,85,86)(H,87,88)/t72?,73-,74-,75-/m1/s1. The van der Waals surface area contributed by atoms with Crippen molar-refractivity contribution < 1.29 is 80.2 Å². The molecule has 0 saturated heterocycles. The number of aliphatic hydroxyl groups is 1. The molecule has 98 heavy (non-hydrogen) atoms. The van der Waals surface area contributed by atoms with Crippen LogP contribution in [0.3, 0.4) is 0 Å². The van der Waals surface area contributed by atoms with Crippen molar-refractivity contribution in [3.05, 3.63) is 0 Å². The third-order valence-corrected chi connectivity index (χ3v) is 20.7. The number of ether oxygens (including phenoxy) is 4. The van der Waals surface area contributed by atoms with Gasteiger partial charge in [0, 0.05) is 25.7 Å². The van der Waals surface area contributed by atoms with E-state index in [-0.39, 0.29) is 25.7 Å². The molecule has 0 aromatic heterocycles. The second kappa shape index (κ2) is 70.7. The Bertz CT molecular complexity index is 1890. The molecule has 0 aliphatic carbocycles. The summed E-state index contributed by atoms with van der Waals surface area (Å²) in [7, 11) is -9.92. The summed E-state index contributed by atoms with van der Waals surface area (Å²) in [4.78, 5) is 73.0. The maximum Gasteiger partial charge on any atom is 0.472 e. The second-order valence-corrected chi connectivity index (χ2v) is 32.1. The van der Waals surface area contributed by atoms with E-state index in [1.165, 1.54) is 231 Å². The molecule has 0 fully saturated rings. The van der Waals surface area contributed by atoms with Crippen molar-refractivity contribution in [2.75, 3.05) is 39.6 Å². The minimum Gasteiger partial charge on any atom is -0.462 e. The molecule has 3 N–H and O–H groups in total. The number of phosphoric ester groups is 2. The van der Waals surface area contributed by atoms with Crippen molar-refractivity contribution in [1.82, 2.24) is 0 Å². The van der Waals surface area contributed by atoms with E-state index in [1.807, 2.05) is 0 Å². The third kappa shape index (κ3) is 71.1. The topological polar surface area (TPSA) is 237 Å². The number of carbonyl (C=O) groups is 4.